The van der Waals surface area contributed by atoms with Gasteiger partial charge in [-0.25, -0.2) is 0 Å². The minimum atomic E-state index is 0.248. The number of hydrogen-bond donors (Lipinski definition) is 0. The Kier molecular flexibility index (Phi) is 6.69. The number of aryl methyl sites for hydroxylation is 1. The average Bonchev–Trinajstić information content (AvgIpc) is 2.72. The monoisotopic (exact) mass is 282 g/mol. The smallest absolute Gasteiger partial charge is 0.186 e. The molecule has 0 spiro atoms. The highest BCUT2D eigenvalue weighted by molar-refractivity contribution is 7.14. The van der Waals surface area contributed by atoms with Crippen LogP contribution < -0.4 is 0 Å². The van der Waals surface area contributed by atoms with Gasteiger partial charge in [-0.1, -0.05) is 13.8 Å². The minimum absolute atomic E-state index is 0.248. The molecule has 0 bridgehead atoms. The maximum atomic E-state index is 12.2. The molecule has 3 nitrogen and oxygen atoms in total. The van der Waals surface area contributed by atoms with Crippen LogP contribution in [0.3, 0.4) is 0 Å². The van der Waals surface area contributed by atoms with Crippen LogP contribution in [-0.4, -0.2) is 55.9 Å². The van der Waals surface area contributed by atoms with Gasteiger partial charge in [0.2, 0.25) is 0 Å². The van der Waals surface area contributed by atoms with Crippen LogP contribution in [0.5, 0.6) is 0 Å². The zero-order valence-electron chi connectivity index (χ0n) is 12.8. The standard InChI is InChI=1S/C15H26N2OS/c1-12(2)10-17(9-8-16(4)5)11-14(18)15-7-6-13(3)19-15/h6-7,12H,8-11H2,1-5H3. The summed E-state index contributed by atoms with van der Waals surface area (Å²) in [6.07, 6.45) is 0. The van der Waals surface area contributed by atoms with E-state index in [2.05, 4.69) is 37.7 Å². The molecule has 4 heteroatoms. The number of hydrogen-bond acceptors (Lipinski definition) is 4. The summed E-state index contributed by atoms with van der Waals surface area (Å²) in [5, 5.41) is 0. The Balaban J connectivity index is 2.57. The molecule has 0 atom stereocenters. The van der Waals surface area contributed by atoms with Gasteiger partial charge in [-0.05, 0) is 39.1 Å². The summed E-state index contributed by atoms with van der Waals surface area (Å²) in [5.74, 6) is 0.831. The Morgan fingerprint density at radius 1 is 1.26 bits per heavy atom. The van der Waals surface area contributed by atoms with Gasteiger partial charge in [-0.15, -0.1) is 11.3 Å². The topological polar surface area (TPSA) is 23.6 Å². The van der Waals surface area contributed by atoms with Gasteiger partial charge < -0.3 is 4.90 Å². The summed E-state index contributed by atoms with van der Waals surface area (Å²) in [5.41, 5.74) is 0. The van der Waals surface area contributed by atoms with Crippen molar-refractivity contribution in [1.82, 2.24) is 9.80 Å². The highest BCUT2D eigenvalue weighted by Gasteiger charge is 2.15. The molecule has 0 N–H and O–H groups in total. The third-order valence-electron chi connectivity index (χ3n) is 2.87. The van der Waals surface area contributed by atoms with E-state index in [-0.39, 0.29) is 5.78 Å². The van der Waals surface area contributed by atoms with E-state index in [0.29, 0.717) is 12.5 Å². The number of Topliss-reactive ketones (excluding diaryl/α,β-unsaturated/α-hetero) is 1. The summed E-state index contributed by atoms with van der Waals surface area (Å²) >= 11 is 1.59. The first-order valence-electron chi connectivity index (χ1n) is 6.85. The van der Waals surface area contributed by atoms with Crippen molar-refractivity contribution in [2.45, 2.75) is 20.8 Å². The number of carbonyl (C=O) groups excluding carboxylic acids is 1. The van der Waals surface area contributed by atoms with Crippen molar-refractivity contribution in [3.05, 3.63) is 21.9 Å². The summed E-state index contributed by atoms with van der Waals surface area (Å²) in [4.78, 5) is 18.8. The van der Waals surface area contributed by atoms with Crippen molar-refractivity contribution in [2.24, 2.45) is 5.92 Å². The Labute approximate surface area is 121 Å². The maximum absolute atomic E-state index is 12.2. The third-order valence-corrected chi connectivity index (χ3v) is 3.91. The van der Waals surface area contributed by atoms with Gasteiger partial charge in [0.25, 0.3) is 0 Å². The van der Waals surface area contributed by atoms with E-state index in [9.17, 15) is 4.79 Å². The molecule has 0 aliphatic heterocycles. The quantitative estimate of drug-likeness (QED) is 0.685. The van der Waals surface area contributed by atoms with E-state index < -0.39 is 0 Å². The van der Waals surface area contributed by atoms with E-state index in [1.165, 1.54) is 4.88 Å². The fourth-order valence-corrected chi connectivity index (χ4v) is 2.76. The zero-order valence-corrected chi connectivity index (χ0v) is 13.6. The van der Waals surface area contributed by atoms with Crippen LogP contribution >= 0.6 is 11.3 Å². The van der Waals surface area contributed by atoms with Crippen LogP contribution in [0.15, 0.2) is 12.1 Å². The Morgan fingerprint density at radius 2 is 1.95 bits per heavy atom. The summed E-state index contributed by atoms with van der Waals surface area (Å²) in [6.45, 7) is 9.88. The molecule has 108 valence electrons. The predicted molar refractivity (Wildman–Crippen MR) is 83.2 cm³/mol. The summed E-state index contributed by atoms with van der Waals surface area (Å²) < 4.78 is 0. The molecule has 0 aliphatic rings. The number of thiophene rings is 1. The van der Waals surface area contributed by atoms with Crippen molar-refractivity contribution in [3.8, 4) is 0 Å². The molecule has 0 unspecified atom stereocenters. The molecular weight excluding hydrogens is 256 g/mol. The van der Waals surface area contributed by atoms with Crippen molar-refractivity contribution in [3.63, 3.8) is 0 Å². The van der Waals surface area contributed by atoms with Gasteiger partial charge in [0, 0.05) is 24.5 Å². The first-order chi connectivity index (χ1) is 8.88. The fraction of sp³-hybridized carbons (Fsp3) is 0.667. The molecule has 0 amide bonds. The van der Waals surface area contributed by atoms with Gasteiger partial charge in [0.15, 0.2) is 5.78 Å². The highest BCUT2D eigenvalue weighted by Crippen LogP contribution is 2.16. The fourth-order valence-electron chi connectivity index (χ4n) is 1.96. The first kappa shape index (κ1) is 16.3. The van der Waals surface area contributed by atoms with Crippen molar-refractivity contribution in [2.75, 3.05) is 40.3 Å². The zero-order chi connectivity index (χ0) is 14.4. The second-order valence-corrected chi connectivity index (χ2v) is 7.05. The van der Waals surface area contributed by atoms with Gasteiger partial charge in [0.1, 0.15) is 0 Å². The molecule has 0 fully saturated rings. The largest absolute Gasteiger partial charge is 0.308 e. The van der Waals surface area contributed by atoms with Crippen molar-refractivity contribution < 1.29 is 4.79 Å². The normalized spacial score (nSPS) is 11.8. The van der Waals surface area contributed by atoms with Gasteiger partial charge >= 0.3 is 0 Å². The van der Waals surface area contributed by atoms with Crippen LogP contribution in [0.25, 0.3) is 0 Å². The number of carbonyl (C=O) groups is 1. The molecule has 0 saturated carbocycles. The van der Waals surface area contributed by atoms with Gasteiger partial charge in [-0.3, -0.25) is 9.69 Å². The molecule has 0 saturated heterocycles. The van der Waals surface area contributed by atoms with E-state index >= 15 is 0 Å². The molecule has 1 aromatic rings. The lowest BCUT2D eigenvalue weighted by Gasteiger charge is -2.24. The highest BCUT2D eigenvalue weighted by atomic mass is 32.1. The van der Waals surface area contributed by atoms with Gasteiger partial charge in [0.05, 0.1) is 11.4 Å². The lowest BCUT2D eigenvalue weighted by Crippen LogP contribution is -2.37. The molecule has 0 aliphatic carbocycles. The van der Waals surface area contributed by atoms with Crippen LogP contribution in [0.4, 0.5) is 0 Å². The number of nitrogens with zero attached hydrogens (tertiary/aromatic N) is 2. The molecule has 1 aromatic heterocycles. The molecule has 0 aromatic carbocycles. The summed E-state index contributed by atoms with van der Waals surface area (Å²) in [7, 11) is 4.13. The second-order valence-electron chi connectivity index (χ2n) is 5.77. The van der Waals surface area contributed by atoms with E-state index in [4.69, 9.17) is 0 Å². The lowest BCUT2D eigenvalue weighted by atomic mass is 10.2. The second kappa shape index (κ2) is 7.78. The molecule has 0 radical (unpaired) electrons. The van der Waals surface area contributed by atoms with Crippen LogP contribution in [-0.2, 0) is 0 Å². The van der Waals surface area contributed by atoms with Gasteiger partial charge in [-0.2, -0.15) is 0 Å². The molecule has 1 heterocycles. The van der Waals surface area contributed by atoms with E-state index in [1.54, 1.807) is 11.3 Å². The van der Waals surface area contributed by atoms with Crippen molar-refractivity contribution >= 4 is 17.1 Å². The van der Waals surface area contributed by atoms with Crippen LogP contribution in [0, 0.1) is 12.8 Å². The molecule has 19 heavy (non-hydrogen) atoms. The average molecular weight is 282 g/mol. The maximum Gasteiger partial charge on any atom is 0.186 e. The van der Waals surface area contributed by atoms with Crippen molar-refractivity contribution in [1.29, 1.82) is 0 Å². The Morgan fingerprint density at radius 3 is 2.42 bits per heavy atom. The molecular formula is C15H26N2OS. The number of ketones is 1. The summed E-state index contributed by atoms with van der Waals surface area (Å²) in [6, 6.07) is 3.96. The Hall–Kier alpha value is -0.710. The SMILES string of the molecule is Cc1ccc(C(=O)CN(CCN(C)C)CC(C)C)s1. The molecule has 1 rings (SSSR count). The lowest BCUT2D eigenvalue weighted by molar-refractivity contribution is 0.0920. The number of rotatable bonds is 8. The van der Waals surface area contributed by atoms with E-state index in [0.717, 1.165) is 24.5 Å². The first-order valence-corrected chi connectivity index (χ1v) is 7.67. The van der Waals surface area contributed by atoms with Crippen LogP contribution in [0.1, 0.15) is 28.4 Å². The minimum Gasteiger partial charge on any atom is -0.308 e. The van der Waals surface area contributed by atoms with E-state index in [1.807, 2.05) is 19.1 Å². The number of likely N-dealkylation sites (N-methyl/N-ethyl adjacent to an activating group) is 1. The predicted octanol–water partition coefficient (Wildman–Crippen LogP) is 2.76. The van der Waals surface area contributed by atoms with Crippen LogP contribution in [0.2, 0.25) is 0 Å². The Bertz CT molecular complexity index is 399. The third kappa shape index (κ3) is 6.32.